The maximum absolute atomic E-state index is 12.6. The highest BCUT2D eigenvalue weighted by molar-refractivity contribution is 5.82. The standard InChI is InChI=1S/C30H61NO4/c1-3-5-7-9-11-12-13-14-15-16-18-20-22-24-27(33)29(30(31)35)28(34)25-26(32)23-21-19-17-10-8-6-4-2/h26-27,29-30,32-33,35H,3-25,31H2,1-2H3/t26?,27-,29-,30?/m1/s1. The Bertz CT molecular complexity index is 458. The molecule has 0 aromatic heterocycles. The number of unbranched alkanes of at least 4 members (excludes halogenated alkanes) is 18. The second kappa shape index (κ2) is 25.2. The molecule has 0 saturated heterocycles. The second-order valence-electron chi connectivity index (χ2n) is 10.8. The van der Waals surface area contributed by atoms with Crippen LogP contribution in [0, 0.1) is 5.92 Å². The molecule has 0 rings (SSSR count). The van der Waals surface area contributed by atoms with Crippen LogP contribution in [0.25, 0.3) is 0 Å². The molecule has 0 aromatic carbocycles. The zero-order valence-electron chi connectivity index (χ0n) is 23.4. The molecule has 35 heavy (non-hydrogen) atoms. The van der Waals surface area contributed by atoms with E-state index in [4.69, 9.17) is 5.73 Å². The average Bonchev–Trinajstić information content (AvgIpc) is 2.81. The summed E-state index contributed by atoms with van der Waals surface area (Å²) in [7, 11) is 0. The number of Topliss-reactive ketones (excluding diaryl/α,β-unsaturated/α-hetero) is 1. The van der Waals surface area contributed by atoms with Crippen LogP contribution in [0.1, 0.15) is 162 Å². The second-order valence-corrected chi connectivity index (χ2v) is 10.8. The van der Waals surface area contributed by atoms with Crippen molar-refractivity contribution >= 4 is 5.78 Å². The fourth-order valence-corrected chi connectivity index (χ4v) is 4.99. The van der Waals surface area contributed by atoms with E-state index in [1.54, 1.807) is 0 Å². The van der Waals surface area contributed by atoms with Crippen molar-refractivity contribution in [2.24, 2.45) is 11.7 Å². The quantitative estimate of drug-likeness (QED) is 0.0707. The van der Waals surface area contributed by atoms with Gasteiger partial charge in [0.1, 0.15) is 12.0 Å². The van der Waals surface area contributed by atoms with Gasteiger partial charge in [0, 0.05) is 6.42 Å². The molecule has 5 N–H and O–H groups in total. The summed E-state index contributed by atoms with van der Waals surface area (Å²) in [6.45, 7) is 4.46. The molecule has 5 heteroatoms. The summed E-state index contributed by atoms with van der Waals surface area (Å²) in [5.41, 5.74) is 5.63. The van der Waals surface area contributed by atoms with E-state index in [9.17, 15) is 20.1 Å². The van der Waals surface area contributed by atoms with E-state index in [0.29, 0.717) is 12.8 Å². The summed E-state index contributed by atoms with van der Waals surface area (Å²) in [6, 6.07) is 0. The predicted octanol–water partition coefficient (Wildman–Crippen LogP) is 7.18. The molecule has 0 aliphatic rings. The average molecular weight is 500 g/mol. The lowest BCUT2D eigenvalue weighted by molar-refractivity contribution is -0.133. The molecule has 0 aromatic rings. The number of carbonyl (C=O) groups excluding carboxylic acids is 1. The number of aliphatic hydroxyl groups is 3. The number of nitrogens with two attached hydrogens (primary N) is 1. The Morgan fingerprint density at radius 1 is 0.571 bits per heavy atom. The molecule has 0 spiro atoms. The van der Waals surface area contributed by atoms with Crippen molar-refractivity contribution in [1.82, 2.24) is 0 Å². The Hall–Kier alpha value is -0.490. The first kappa shape index (κ1) is 34.5. The van der Waals surface area contributed by atoms with Gasteiger partial charge in [-0.1, -0.05) is 142 Å². The third kappa shape index (κ3) is 21.3. The molecule has 0 amide bonds. The summed E-state index contributed by atoms with van der Waals surface area (Å²) >= 11 is 0. The van der Waals surface area contributed by atoms with Gasteiger partial charge in [0.2, 0.25) is 0 Å². The van der Waals surface area contributed by atoms with E-state index < -0.39 is 24.4 Å². The van der Waals surface area contributed by atoms with E-state index in [2.05, 4.69) is 13.8 Å². The van der Waals surface area contributed by atoms with Gasteiger partial charge in [-0.05, 0) is 12.8 Å². The molecule has 0 heterocycles. The van der Waals surface area contributed by atoms with E-state index in [0.717, 1.165) is 32.1 Å². The predicted molar refractivity (Wildman–Crippen MR) is 148 cm³/mol. The number of ketones is 1. The van der Waals surface area contributed by atoms with Crippen LogP contribution in [0.4, 0.5) is 0 Å². The summed E-state index contributed by atoms with van der Waals surface area (Å²) in [5.74, 6) is -1.33. The number of hydrogen-bond donors (Lipinski definition) is 4. The largest absolute Gasteiger partial charge is 0.393 e. The molecule has 5 nitrogen and oxygen atoms in total. The monoisotopic (exact) mass is 499 g/mol. The van der Waals surface area contributed by atoms with Crippen LogP contribution >= 0.6 is 0 Å². The molecule has 0 aliphatic heterocycles. The topological polar surface area (TPSA) is 104 Å². The van der Waals surface area contributed by atoms with E-state index >= 15 is 0 Å². The maximum Gasteiger partial charge on any atom is 0.145 e. The molecule has 4 atom stereocenters. The lowest BCUT2D eigenvalue weighted by Crippen LogP contribution is -2.44. The fraction of sp³-hybridized carbons (Fsp3) is 0.967. The number of aliphatic hydroxyl groups excluding tert-OH is 3. The van der Waals surface area contributed by atoms with Crippen molar-refractivity contribution in [2.45, 2.75) is 180 Å². The Kier molecular flexibility index (Phi) is 24.8. The highest BCUT2D eigenvalue weighted by Gasteiger charge is 2.32. The Balaban J connectivity index is 3.89. The van der Waals surface area contributed by atoms with Gasteiger partial charge in [0.15, 0.2) is 0 Å². The third-order valence-corrected chi connectivity index (χ3v) is 7.34. The van der Waals surface area contributed by atoms with Gasteiger partial charge in [-0.25, -0.2) is 0 Å². The summed E-state index contributed by atoms with van der Waals surface area (Å²) in [4.78, 5) is 12.6. The molecule has 0 radical (unpaired) electrons. The maximum atomic E-state index is 12.6. The minimum absolute atomic E-state index is 0.0373. The van der Waals surface area contributed by atoms with Gasteiger partial charge >= 0.3 is 0 Å². The molecule has 0 saturated carbocycles. The van der Waals surface area contributed by atoms with Gasteiger partial charge < -0.3 is 21.1 Å². The normalized spacial score (nSPS) is 15.1. The fourth-order valence-electron chi connectivity index (χ4n) is 4.99. The van der Waals surface area contributed by atoms with Crippen LogP contribution < -0.4 is 5.73 Å². The molecule has 0 aliphatic carbocycles. The summed E-state index contributed by atoms with van der Waals surface area (Å²) < 4.78 is 0. The van der Waals surface area contributed by atoms with Crippen LogP contribution in [0.5, 0.6) is 0 Å². The molecule has 0 fully saturated rings. The first-order chi connectivity index (χ1) is 16.9. The van der Waals surface area contributed by atoms with Crippen molar-refractivity contribution in [3.05, 3.63) is 0 Å². The number of carbonyl (C=O) groups is 1. The first-order valence-electron chi connectivity index (χ1n) is 15.3. The van der Waals surface area contributed by atoms with Gasteiger partial charge in [-0.2, -0.15) is 0 Å². The zero-order valence-corrected chi connectivity index (χ0v) is 23.4. The van der Waals surface area contributed by atoms with Crippen molar-refractivity contribution in [2.75, 3.05) is 0 Å². The van der Waals surface area contributed by atoms with Crippen LogP contribution in [-0.4, -0.2) is 39.5 Å². The van der Waals surface area contributed by atoms with Gasteiger partial charge in [0.25, 0.3) is 0 Å². The third-order valence-electron chi connectivity index (χ3n) is 7.34. The highest BCUT2D eigenvalue weighted by Crippen LogP contribution is 2.20. The van der Waals surface area contributed by atoms with Crippen molar-refractivity contribution in [3.63, 3.8) is 0 Å². The minimum Gasteiger partial charge on any atom is -0.393 e. The van der Waals surface area contributed by atoms with Crippen LogP contribution in [0.15, 0.2) is 0 Å². The van der Waals surface area contributed by atoms with Crippen molar-refractivity contribution < 1.29 is 20.1 Å². The first-order valence-corrected chi connectivity index (χ1v) is 15.3. The molecule has 210 valence electrons. The van der Waals surface area contributed by atoms with Gasteiger partial charge in [0.05, 0.1) is 18.1 Å². The van der Waals surface area contributed by atoms with Crippen LogP contribution in [-0.2, 0) is 4.79 Å². The molecule has 2 unspecified atom stereocenters. The van der Waals surface area contributed by atoms with E-state index in [1.807, 2.05) is 0 Å². The Morgan fingerprint density at radius 3 is 1.29 bits per heavy atom. The molecular formula is C30H61NO4. The Morgan fingerprint density at radius 2 is 0.914 bits per heavy atom. The number of hydrogen-bond acceptors (Lipinski definition) is 5. The van der Waals surface area contributed by atoms with Gasteiger partial charge in [-0.15, -0.1) is 0 Å². The lowest BCUT2D eigenvalue weighted by Gasteiger charge is -2.25. The Labute approximate surface area is 217 Å². The van der Waals surface area contributed by atoms with Crippen LogP contribution in [0.2, 0.25) is 0 Å². The summed E-state index contributed by atoms with van der Waals surface area (Å²) in [6.07, 6.45) is 22.5. The van der Waals surface area contributed by atoms with Crippen molar-refractivity contribution in [3.8, 4) is 0 Å². The minimum atomic E-state index is -1.38. The molecular weight excluding hydrogens is 438 g/mol. The van der Waals surface area contributed by atoms with Gasteiger partial charge in [-0.3, -0.25) is 4.79 Å². The lowest BCUT2D eigenvalue weighted by atomic mass is 9.88. The zero-order chi connectivity index (χ0) is 26.2. The molecule has 0 bridgehead atoms. The highest BCUT2D eigenvalue weighted by atomic mass is 16.3. The van der Waals surface area contributed by atoms with Crippen LogP contribution in [0.3, 0.4) is 0 Å². The smallest absolute Gasteiger partial charge is 0.145 e. The summed E-state index contributed by atoms with van der Waals surface area (Å²) in [5, 5.41) is 30.7. The van der Waals surface area contributed by atoms with E-state index in [1.165, 1.54) is 96.3 Å². The SMILES string of the molecule is CCCCCCCCCCCCCCC[C@@H](O)[C@H](C(=O)CC(O)CCCCCCCCC)C(N)O. The van der Waals surface area contributed by atoms with E-state index in [-0.39, 0.29) is 12.2 Å². The number of rotatable bonds is 27. The van der Waals surface area contributed by atoms with Crippen molar-refractivity contribution in [1.29, 1.82) is 0 Å².